The van der Waals surface area contributed by atoms with Crippen molar-refractivity contribution >= 4 is 37.7 Å². The first kappa shape index (κ1) is 10.4. The minimum Gasteiger partial charge on any atom is -0.366 e. The van der Waals surface area contributed by atoms with E-state index in [9.17, 15) is 0 Å². The van der Waals surface area contributed by atoms with Gasteiger partial charge in [-0.2, -0.15) is 0 Å². The summed E-state index contributed by atoms with van der Waals surface area (Å²) >= 11 is 6.89. The van der Waals surface area contributed by atoms with Gasteiger partial charge in [0.05, 0.1) is 4.47 Å². The van der Waals surface area contributed by atoms with Crippen molar-refractivity contribution in [3.63, 3.8) is 0 Å². The van der Waals surface area contributed by atoms with Crippen molar-refractivity contribution in [3.05, 3.63) is 21.2 Å². The third kappa shape index (κ3) is 2.48. The van der Waals surface area contributed by atoms with Gasteiger partial charge >= 0.3 is 0 Å². The molecule has 1 saturated carbocycles. The SMILES string of the molecule is Brc1cnc(NC2CCCC2)c(Br)c1. The monoisotopic (exact) mass is 318 g/mol. The number of hydrogen-bond acceptors (Lipinski definition) is 2. The lowest BCUT2D eigenvalue weighted by Gasteiger charge is -2.13. The summed E-state index contributed by atoms with van der Waals surface area (Å²) in [5.41, 5.74) is 0. The molecule has 0 aromatic carbocycles. The maximum Gasteiger partial charge on any atom is 0.140 e. The topological polar surface area (TPSA) is 24.9 Å². The van der Waals surface area contributed by atoms with Gasteiger partial charge in [0.25, 0.3) is 0 Å². The molecule has 0 unspecified atom stereocenters. The average molecular weight is 320 g/mol. The molecule has 0 bridgehead atoms. The lowest BCUT2D eigenvalue weighted by molar-refractivity contribution is 0.749. The van der Waals surface area contributed by atoms with Gasteiger partial charge in [0, 0.05) is 16.7 Å². The van der Waals surface area contributed by atoms with Crippen LogP contribution in [0, 0.1) is 0 Å². The Hall–Kier alpha value is -0.0900. The Bertz CT molecular complexity index is 322. The highest BCUT2D eigenvalue weighted by molar-refractivity contribution is 9.11. The van der Waals surface area contributed by atoms with E-state index in [2.05, 4.69) is 42.2 Å². The molecule has 0 saturated heterocycles. The van der Waals surface area contributed by atoms with Crippen LogP contribution < -0.4 is 5.32 Å². The van der Waals surface area contributed by atoms with Crippen molar-refractivity contribution in [1.29, 1.82) is 0 Å². The molecule has 1 aliphatic rings. The molecule has 2 rings (SSSR count). The van der Waals surface area contributed by atoms with E-state index in [0.717, 1.165) is 14.8 Å². The summed E-state index contributed by atoms with van der Waals surface area (Å²) in [6.07, 6.45) is 7.04. The number of hydrogen-bond donors (Lipinski definition) is 1. The molecule has 2 nitrogen and oxygen atoms in total. The zero-order chi connectivity index (χ0) is 9.97. The lowest BCUT2D eigenvalue weighted by atomic mass is 10.2. The number of halogens is 2. The quantitative estimate of drug-likeness (QED) is 0.892. The normalized spacial score (nSPS) is 17.3. The molecular weight excluding hydrogens is 308 g/mol. The number of pyridine rings is 1. The van der Waals surface area contributed by atoms with E-state index in [1.165, 1.54) is 25.7 Å². The van der Waals surface area contributed by atoms with Gasteiger partial charge in [-0.25, -0.2) is 4.98 Å². The number of nitrogens with zero attached hydrogens (tertiary/aromatic N) is 1. The highest BCUT2D eigenvalue weighted by atomic mass is 79.9. The predicted octanol–water partition coefficient (Wildman–Crippen LogP) is 3.96. The fourth-order valence-corrected chi connectivity index (χ4v) is 2.89. The Balaban J connectivity index is 2.08. The second kappa shape index (κ2) is 4.62. The summed E-state index contributed by atoms with van der Waals surface area (Å²) in [6, 6.07) is 2.63. The number of rotatable bonds is 2. The third-order valence-corrected chi connectivity index (χ3v) is 3.54. The Morgan fingerprint density at radius 3 is 2.64 bits per heavy atom. The summed E-state index contributed by atoms with van der Waals surface area (Å²) in [5.74, 6) is 0.958. The molecule has 1 heterocycles. The van der Waals surface area contributed by atoms with Gasteiger partial charge in [0.2, 0.25) is 0 Å². The molecule has 1 fully saturated rings. The van der Waals surface area contributed by atoms with Crippen molar-refractivity contribution < 1.29 is 0 Å². The van der Waals surface area contributed by atoms with Crippen LogP contribution in [-0.4, -0.2) is 11.0 Å². The summed E-state index contributed by atoms with van der Waals surface area (Å²) in [4.78, 5) is 4.34. The summed E-state index contributed by atoms with van der Waals surface area (Å²) < 4.78 is 2.03. The van der Waals surface area contributed by atoms with E-state index in [1.807, 2.05) is 12.3 Å². The van der Waals surface area contributed by atoms with E-state index in [-0.39, 0.29) is 0 Å². The van der Waals surface area contributed by atoms with Crippen molar-refractivity contribution in [2.45, 2.75) is 31.7 Å². The second-order valence-electron chi connectivity index (χ2n) is 3.61. The third-order valence-electron chi connectivity index (χ3n) is 2.50. The minimum absolute atomic E-state index is 0.611. The number of nitrogens with one attached hydrogen (secondary N) is 1. The molecule has 0 spiro atoms. The van der Waals surface area contributed by atoms with Crippen molar-refractivity contribution in [2.75, 3.05) is 5.32 Å². The van der Waals surface area contributed by atoms with Gasteiger partial charge in [-0.1, -0.05) is 12.8 Å². The molecule has 1 N–H and O–H groups in total. The van der Waals surface area contributed by atoms with Gasteiger partial charge in [-0.05, 0) is 50.8 Å². The first-order valence-corrected chi connectivity index (χ1v) is 6.42. The van der Waals surface area contributed by atoms with Crippen LogP contribution in [0.1, 0.15) is 25.7 Å². The van der Waals surface area contributed by atoms with Gasteiger partial charge in [-0.3, -0.25) is 0 Å². The van der Waals surface area contributed by atoms with Crippen LogP contribution in [0.2, 0.25) is 0 Å². The van der Waals surface area contributed by atoms with Crippen LogP contribution in [0.25, 0.3) is 0 Å². The Kier molecular flexibility index (Phi) is 3.44. The highest BCUT2D eigenvalue weighted by Crippen LogP contribution is 2.27. The van der Waals surface area contributed by atoms with E-state index < -0.39 is 0 Å². The summed E-state index contributed by atoms with van der Waals surface area (Å²) in [7, 11) is 0. The molecule has 1 aromatic heterocycles. The first-order valence-electron chi connectivity index (χ1n) is 4.83. The van der Waals surface area contributed by atoms with E-state index in [4.69, 9.17) is 0 Å². The standard InChI is InChI=1S/C10H12Br2N2/c11-7-5-9(12)10(13-6-7)14-8-3-1-2-4-8/h5-6,8H,1-4H2,(H,13,14). The first-order chi connectivity index (χ1) is 6.75. The molecular formula is C10H12Br2N2. The van der Waals surface area contributed by atoms with Crippen molar-refractivity contribution in [3.8, 4) is 0 Å². The zero-order valence-corrected chi connectivity index (χ0v) is 10.9. The minimum atomic E-state index is 0.611. The van der Waals surface area contributed by atoms with Crippen LogP contribution in [0.4, 0.5) is 5.82 Å². The molecule has 76 valence electrons. The largest absolute Gasteiger partial charge is 0.366 e. The van der Waals surface area contributed by atoms with Crippen LogP contribution in [0.5, 0.6) is 0 Å². The summed E-state index contributed by atoms with van der Waals surface area (Å²) in [5, 5.41) is 3.46. The molecule has 0 aliphatic heterocycles. The van der Waals surface area contributed by atoms with Gasteiger partial charge in [-0.15, -0.1) is 0 Å². The zero-order valence-electron chi connectivity index (χ0n) is 7.76. The smallest absolute Gasteiger partial charge is 0.140 e. The van der Waals surface area contributed by atoms with Gasteiger partial charge in [0.1, 0.15) is 5.82 Å². The van der Waals surface area contributed by atoms with E-state index in [0.29, 0.717) is 6.04 Å². The Labute approximate surface area is 101 Å². The number of aromatic nitrogens is 1. The molecule has 1 aliphatic carbocycles. The predicted molar refractivity (Wildman–Crippen MR) is 65.5 cm³/mol. The maximum absolute atomic E-state index is 4.34. The number of anilines is 1. The van der Waals surface area contributed by atoms with Crippen molar-refractivity contribution in [2.24, 2.45) is 0 Å². The second-order valence-corrected chi connectivity index (χ2v) is 5.38. The molecule has 0 amide bonds. The van der Waals surface area contributed by atoms with E-state index >= 15 is 0 Å². The van der Waals surface area contributed by atoms with Crippen LogP contribution in [0.3, 0.4) is 0 Å². The van der Waals surface area contributed by atoms with Crippen LogP contribution in [-0.2, 0) is 0 Å². The van der Waals surface area contributed by atoms with Crippen LogP contribution >= 0.6 is 31.9 Å². The molecule has 1 aromatic rings. The molecule has 14 heavy (non-hydrogen) atoms. The molecule has 0 atom stereocenters. The van der Waals surface area contributed by atoms with Crippen LogP contribution in [0.15, 0.2) is 21.2 Å². The van der Waals surface area contributed by atoms with Gasteiger partial charge < -0.3 is 5.32 Å². The fourth-order valence-electron chi connectivity index (χ4n) is 1.78. The van der Waals surface area contributed by atoms with E-state index in [1.54, 1.807) is 0 Å². The lowest BCUT2D eigenvalue weighted by Crippen LogP contribution is -2.15. The average Bonchev–Trinajstić information content (AvgIpc) is 2.62. The maximum atomic E-state index is 4.34. The van der Waals surface area contributed by atoms with Crippen molar-refractivity contribution in [1.82, 2.24) is 4.98 Å². The Morgan fingerprint density at radius 1 is 1.29 bits per heavy atom. The highest BCUT2D eigenvalue weighted by Gasteiger charge is 2.15. The van der Waals surface area contributed by atoms with Gasteiger partial charge in [0.15, 0.2) is 0 Å². The Morgan fingerprint density at radius 2 is 2.00 bits per heavy atom. The summed E-state index contributed by atoms with van der Waals surface area (Å²) in [6.45, 7) is 0. The molecule has 4 heteroatoms. The molecule has 0 radical (unpaired) electrons. The fraction of sp³-hybridized carbons (Fsp3) is 0.500.